The molecule has 3 heterocycles. The predicted octanol–water partition coefficient (Wildman–Crippen LogP) is 3.44. The molecule has 2 aromatic rings. The quantitative estimate of drug-likeness (QED) is 0.717. The molecule has 2 amide bonds. The van der Waals surface area contributed by atoms with Gasteiger partial charge >= 0.3 is 0 Å². The first-order chi connectivity index (χ1) is 15.7. The van der Waals surface area contributed by atoms with Crippen molar-refractivity contribution in [2.24, 2.45) is 17.8 Å². The number of likely N-dealkylation sites (tertiary alicyclic amines) is 1. The molecule has 1 N–H and O–H groups in total. The number of nitrogens with zero attached hydrogens (tertiary/aromatic N) is 2. The van der Waals surface area contributed by atoms with Crippen LogP contribution >= 0.6 is 0 Å². The topological polar surface area (TPSA) is 99.9 Å². The Morgan fingerprint density at radius 1 is 1.00 bits per heavy atom. The minimum Gasteiger partial charge on any atom is -0.459 e. The van der Waals surface area contributed by atoms with Gasteiger partial charge in [-0.15, -0.1) is 0 Å². The highest BCUT2D eigenvalue weighted by Crippen LogP contribution is 2.27. The van der Waals surface area contributed by atoms with Crippen molar-refractivity contribution in [2.45, 2.75) is 38.0 Å². The standard InChI is InChI=1S/C24H31N3O5S/c1-17-14-18(2)16-27(15-17)33(30,31)21-7-5-20(6-8-21)25-23(28)19-9-11-26(12-10-19)24(29)22-4-3-13-32-22/h3-8,13,17-19H,9-12,14-16H2,1-2H3,(H,25,28). The molecular formula is C24H31N3O5S. The number of carbonyl (C=O) groups excluding carboxylic acids is 2. The normalized spacial score (nSPS) is 22.8. The molecule has 0 bridgehead atoms. The van der Waals surface area contributed by atoms with Gasteiger partial charge in [-0.25, -0.2) is 8.42 Å². The van der Waals surface area contributed by atoms with E-state index in [9.17, 15) is 18.0 Å². The highest BCUT2D eigenvalue weighted by Gasteiger charge is 2.32. The van der Waals surface area contributed by atoms with E-state index >= 15 is 0 Å². The van der Waals surface area contributed by atoms with Crippen LogP contribution in [0.4, 0.5) is 5.69 Å². The van der Waals surface area contributed by atoms with E-state index < -0.39 is 10.0 Å². The maximum atomic E-state index is 13.0. The second kappa shape index (κ2) is 9.69. The van der Waals surface area contributed by atoms with Crippen molar-refractivity contribution in [2.75, 3.05) is 31.5 Å². The van der Waals surface area contributed by atoms with Gasteiger partial charge in [0.05, 0.1) is 11.2 Å². The summed E-state index contributed by atoms with van der Waals surface area (Å²) in [6, 6.07) is 9.70. The summed E-state index contributed by atoms with van der Waals surface area (Å²) in [5, 5.41) is 2.89. The number of hydrogen-bond donors (Lipinski definition) is 1. The Morgan fingerprint density at radius 3 is 2.21 bits per heavy atom. The molecule has 1 aromatic heterocycles. The lowest BCUT2D eigenvalue weighted by Gasteiger charge is -2.34. The fraction of sp³-hybridized carbons (Fsp3) is 0.500. The van der Waals surface area contributed by atoms with Crippen LogP contribution in [-0.2, 0) is 14.8 Å². The van der Waals surface area contributed by atoms with E-state index in [1.165, 1.54) is 6.26 Å². The van der Waals surface area contributed by atoms with E-state index in [0.29, 0.717) is 62.3 Å². The van der Waals surface area contributed by atoms with Crippen LogP contribution < -0.4 is 5.32 Å². The molecule has 4 rings (SSSR count). The van der Waals surface area contributed by atoms with Gasteiger partial charge in [-0.1, -0.05) is 13.8 Å². The minimum atomic E-state index is -3.55. The molecule has 0 spiro atoms. The van der Waals surface area contributed by atoms with Crippen molar-refractivity contribution in [3.63, 3.8) is 0 Å². The van der Waals surface area contributed by atoms with Crippen molar-refractivity contribution in [3.8, 4) is 0 Å². The lowest BCUT2D eigenvalue weighted by molar-refractivity contribution is -0.121. The summed E-state index contributed by atoms with van der Waals surface area (Å²) < 4.78 is 32.8. The highest BCUT2D eigenvalue weighted by atomic mass is 32.2. The van der Waals surface area contributed by atoms with Crippen LogP contribution in [0.3, 0.4) is 0 Å². The van der Waals surface area contributed by atoms with Gasteiger partial charge in [0.1, 0.15) is 0 Å². The molecule has 2 fully saturated rings. The Morgan fingerprint density at radius 2 is 1.64 bits per heavy atom. The summed E-state index contributed by atoms with van der Waals surface area (Å²) in [6.07, 6.45) is 3.64. The minimum absolute atomic E-state index is 0.116. The number of carbonyl (C=O) groups is 2. The van der Waals surface area contributed by atoms with E-state index in [4.69, 9.17) is 4.42 Å². The average molecular weight is 474 g/mol. The van der Waals surface area contributed by atoms with Crippen LogP contribution in [0.25, 0.3) is 0 Å². The van der Waals surface area contributed by atoms with Crippen LogP contribution in [0.5, 0.6) is 0 Å². The molecule has 8 nitrogen and oxygen atoms in total. The molecule has 9 heteroatoms. The van der Waals surface area contributed by atoms with E-state index in [1.807, 2.05) is 0 Å². The van der Waals surface area contributed by atoms with Gasteiger partial charge in [0.2, 0.25) is 15.9 Å². The SMILES string of the molecule is CC1CC(C)CN(S(=O)(=O)c2ccc(NC(=O)C3CCN(C(=O)c4ccco4)CC3)cc2)C1. The van der Waals surface area contributed by atoms with E-state index in [2.05, 4.69) is 19.2 Å². The van der Waals surface area contributed by atoms with Crippen LogP contribution in [-0.4, -0.2) is 55.6 Å². The van der Waals surface area contributed by atoms with Gasteiger partial charge in [0.25, 0.3) is 5.91 Å². The zero-order valence-corrected chi connectivity index (χ0v) is 19.9. The Balaban J connectivity index is 1.33. The van der Waals surface area contributed by atoms with Crippen LogP contribution in [0.2, 0.25) is 0 Å². The van der Waals surface area contributed by atoms with Gasteiger partial charge < -0.3 is 14.6 Å². The molecular weight excluding hydrogens is 442 g/mol. The first-order valence-electron chi connectivity index (χ1n) is 11.5. The number of sulfonamides is 1. The van der Waals surface area contributed by atoms with Gasteiger partial charge in [-0.3, -0.25) is 9.59 Å². The van der Waals surface area contributed by atoms with E-state index in [1.54, 1.807) is 45.6 Å². The summed E-state index contributed by atoms with van der Waals surface area (Å²) in [4.78, 5) is 27.0. The molecule has 0 radical (unpaired) electrons. The molecule has 2 aliphatic rings. The van der Waals surface area contributed by atoms with E-state index in [0.717, 1.165) is 6.42 Å². The van der Waals surface area contributed by atoms with E-state index in [-0.39, 0.29) is 22.6 Å². The Labute approximate surface area is 195 Å². The van der Waals surface area contributed by atoms with Crippen molar-refractivity contribution >= 4 is 27.5 Å². The first-order valence-corrected chi connectivity index (χ1v) is 12.9. The number of nitrogens with one attached hydrogen (secondary N) is 1. The fourth-order valence-corrected chi connectivity index (χ4v) is 6.49. The van der Waals surface area contributed by atoms with Crippen molar-refractivity contribution in [1.82, 2.24) is 9.21 Å². The zero-order chi connectivity index (χ0) is 23.6. The smallest absolute Gasteiger partial charge is 0.289 e. The van der Waals surface area contributed by atoms with Crippen molar-refractivity contribution in [1.29, 1.82) is 0 Å². The molecule has 2 atom stereocenters. The summed E-state index contributed by atoms with van der Waals surface area (Å²) >= 11 is 0. The van der Waals surface area contributed by atoms with Crippen molar-refractivity contribution in [3.05, 3.63) is 48.4 Å². The van der Waals surface area contributed by atoms with Gasteiger partial charge in [-0.2, -0.15) is 4.31 Å². The zero-order valence-electron chi connectivity index (χ0n) is 19.1. The molecule has 2 aliphatic heterocycles. The number of anilines is 1. The third kappa shape index (κ3) is 5.30. The Kier molecular flexibility index (Phi) is 6.90. The monoisotopic (exact) mass is 473 g/mol. The Hall–Kier alpha value is -2.65. The number of amides is 2. The average Bonchev–Trinajstić information content (AvgIpc) is 3.33. The molecule has 0 saturated carbocycles. The molecule has 178 valence electrons. The lowest BCUT2D eigenvalue weighted by Crippen LogP contribution is -2.42. The predicted molar refractivity (Wildman–Crippen MR) is 124 cm³/mol. The summed E-state index contributed by atoms with van der Waals surface area (Å²) in [5.74, 6) is 0.500. The highest BCUT2D eigenvalue weighted by molar-refractivity contribution is 7.89. The van der Waals surface area contributed by atoms with Crippen molar-refractivity contribution < 1.29 is 22.4 Å². The summed E-state index contributed by atoms with van der Waals surface area (Å²) in [6.45, 7) is 6.20. The number of benzene rings is 1. The first kappa shape index (κ1) is 23.5. The van der Waals surface area contributed by atoms with Gasteiger partial charge in [-0.05, 0) is 67.5 Å². The molecule has 0 aliphatic carbocycles. The van der Waals surface area contributed by atoms with Gasteiger partial charge in [0.15, 0.2) is 5.76 Å². The second-order valence-corrected chi connectivity index (χ2v) is 11.3. The third-order valence-corrected chi connectivity index (χ3v) is 8.33. The molecule has 2 unspecified atom stereocenters. The number of hydrogen-bond acceptors (Lipinski definition) is 5. The number of piperidine rings is 2. The summed E-state index contributed by atoms with van der Waals surface area (Å²) in [5.41, 5.74) is 0.563. The number of rotatable bonds is 5. The third-order valence-electron chi connectivity index (χ3n) is 6.48. The number of furan rings is 1. The Bertz CT molecular complexity index is 1060. The molecule has 1 aromatic carbocycles. The maximum Gasteiger partial charge on any atom is 0.289 e. The van der Waals surface area contributed by atoms with Crippen LogP contribution in [0.15, 0.2) is 52.0 Å². The van der Waals surface area contributed by atoms with Gasteiger partial charge in [0, 0.05) is 37.8 Å². The van der Waals surface area contributed by atoms with Crippen LogP contribution in [0, 0.1) is 17.8 Å². The largest absolute Gasteiger partial charge is 0.459 e. The lowest BCUT2D eigenvalue weighted by atomic mass is 9.94. The summed E-state index contributed by atoms with van der Waals surface area (Å²) in [7, 11) is -3.55. The van der Waals surface area contributed by atoms with Crippen LogP contribution in [0.1, 0.15) is 43.7 Å². The molecule has 2 saturated heterocycles. The molecule has 33 heavy (non-hydrogen) atoms. The maximum absolute atomic E-state index is 13.0. The fourth-order valence-electron chi connectivity index (χ4n) is 4.81. The second-order valence-electron chi connectivity index (χ2n) is 9.33.